The van der Waals surface area contributed by atoms with Gasteiger partial charge in [0.1, 0.15) is 30.5 Å². The molecule has 4 N–H and O–H groups in total. The minimum Gasteiger partial charge on any atom is -0.457 e. The molecule has 0 aromatic carbocycles. The van der Waals surface area contributed by atoms with Crippen LogP contribution in [-0.4, -0.2) is 97.5 Å². The number of allylic oxidation sites excluding steroid dienone is 4. The van der Waals surface area contributed by atoms with Crippen molar-refractivity contribution in [2.75, 3.05) is 26.4 Å². The third-order valence-electron chi connectivity index (χ3n) is 9.30. The number of aliphatic hydroxyl groups excluding tert-OH is 3. The summed E-state index contributed by atoms with van der Waals surface area (Å²) in [7, 11) is -5.06. The van der Waals surface area contributed by atoms with E-state index in [0.29, 0.717) is 13.0 Å². The van der Waals surface area contributed by atoms with E-state index in [1.54, 1.807) is 0 Å². The summed E-state index contributed by atoms with van der Waals surface area (Å²) in [4.78, 5) is 12.8. The van der Waals surface area contributed by atoms with Crippen LogP contribution in [0, 0.1) is 0 Å². The molecule has 1 saturated heterocycles. The SMILES string of the molecule is CCCC/C=C\CCCCCCCC(=O)OC(COCCCCCCCC/C=C\CCCCCCC)COC1OC(CO)C(O)C(OS(=O)(=O)O)C1O. The average Bonchev–Trinajstić information content (AvgIpc) is 3.12. The highest BCUT2D eigenvalue weighted by Crippen LogP contribution is 2.26. The van der Waals surface area contributed by atoms with Crippen molar-refractivity contribution in [2.45, 2.75) is 198 Å². The van der Waals surface area contributed by atoms with Gasteiger partial charge in [-0.1, -0.05) is 122 Å². The maximum absolute atomic E-state index is 12.8. The molecule has 13 heteroatoms. The molecule has 53 heavy (non-hydrogen) atoms. The van der Waals surface area contributed by atoms with Gasteiger partial charge < -0.3 is 34.3 Å². The molecule has 312 valence electrons. The quantitative estimate of drug-likeness (QED) is 0.0214. The van der Waals surface area contributed by atoms with E-state index in [1.807, 2.05) is 0 Å². The number of unbranched alkanes of at least 4 members (excludes halogenated alkanes) is 18. The van der Waals surface area contributed by atoms with Crippen molar-refractivity contribution in [3.63, 3.8) is 0 Å². The van der Waals surface area contributed by atoms with Crippen molar-refractivity contribution in [3.05, 3.63) is 24.3 Å². The van der Waals surface area contributed by atoms with E-state index in [2.05, 4.69) is 42.3 Å². The van der Waals surface area contributed by atoms with Crippen molar-refractivity contribution >= 4 is 16.4 Å². The van der Waals surface area contributed by atoms with Gasteiger partial charge in [0.15, 0.2) is 6.29 Å². The summed E-state index contributed by atoms with van der Waals surface area (Å²) in [6.07, 6.45) is 25.0. The summed E-state index contributed by atoms with van der Waals surface area (Å²) in [5, 5.41) is 30.5. The van der Waals surface area contributed by atoms with Gasteiger partial charge in [0.2, 0.25) is 0 Å². The third kappa shape index (κ3) is 26.9. The molecule has 0 saturated carbocycles. The monoisotopic (exact) mass is 778 g/mol. The van der Waals surface area contributed by atoms with Gasteiger partial charge in [-0.15, -0.1) is 0 Å². The first-order chi connectivity index (χ1) is 25.6. The van der Waals surface area contributed by atoms with Crippen LogP contribution in [0.1, 0.15) is 162 Å². The molecule has 0 radical (unpaired) electrons. The highest BCUT2D eigenvalue weighted by Gasteiger charge is 2.48. The molecule has 1 aliphatic heterocycles. The first kappa shape index (κ1) is 49.6. The van der Waals surface area contributed by atoms with Gasteiger partial charge in [-0.05, 0) is 57.8 Å². The van der Waals surface area contributed by atoms with Crippen molar-refractivity contribution < 1.29 is 56.2 Å². The molecule has 6 atom stereocenters. The zero-order chi connectivity index (χ0) is 39.0. The molecule has 1 rings (SSSR count). The van der Waals surface area contributed by atoms with E-state index in [-0.39, 0.29) is 19.6 Å². The summed E-state index contributed by atoms with van der Waals surface area (Å²) in [5.41, 5.74) is 0. The normalized spacial score (nSPS) is 21.5. The molecule has 0 aromatic heterocycles. The molecule has 0 spiro atoms. The molecule has 1 heterocycles. The Bertz CT molecular complexity index is 1040. The molecule has 0 aromatic rings. The lowest BCUT2D eigenvalue weighted by Crippen LogP contribution is -2.60. The second kappa shape index (κ2) is 32.8. The minimum absolute atomic E-state index is 0.0300. The van der Waals surface area contributed by atoms with Crippen molar-refractivity contribution in [2.24, 2.45) is 0 Å². The Labute approximate surface area is 321 Å². The smallest absolute Gasteiger partial charge is 0.397 e. The fourth-order valence-electron chi connectivity index (χ4n) is 6.12. The van der Waals surface area contributed by atoms with Crippen molar-refractivity contribution in [1.29, 1.82) is 0 Å². The lowest BCUT2D eigenvalue weighted by atomic mass is 9.99. The average molecular weight is 779 g/mol. The Balaban J connectivity index is 2.48. The number of carbonyl (C=O) groups is 1. The summed E-state index contributed by atoms with van der Waals surface area (Å²) in [5.74, 6) is -0.413. The molecule has 1 aliphatic rings. The first-order valence-corrected chi connectivity index (χ1v) is 22.0. The molecule has 12 nitrogen and oxygen atoms in total. The topological polar surface area (TPSA) is 178 Å². The first-order valence-electron chi connectivity index (χ1n) is 20.6. The number of esters is 1. The van der Waals surface area contributed by atoms with E-state index in [1.165, 1.54) is 70.6 Å². The van der Waals surface area contributed by atoms with Crippen molar-refractivity contribution in [1.82, 2.24) is 0 Å². The van der Waals surface area contributed by atoms with Crippen LogP contribution in [0.5, 0.6) is 0 Å². The Morgan fingerprint density at radius 3 is 1.75 bits per heavy atom. The highest BCUT2D eigenvalue weighted by atomic mass is 32.3. The fourth-order valence-corrected chi connectivity index (χ4v) is 6.63. The largest absolute Gasteiger partial charge is 0.457 e. The van der Waals surface area contributed by atoms with E-state index in [0.717, 1.165) is 64.2 Å². The number of aliphatic hydroxyl groups is 3. The molecular weight excluding hydrogens is 704 g/mol. The maximum atomic E-state index is 12.8. The minimum atomic E-state index is -5.06. The van der Waals surface area contributed by atoms with Crippen LogP contribution < -0.4 is 0 Å². The second-order valence-corrected chi connectivity index (χ2v) is 15.3. The summed E-state index contributed by atoms with van der Waals surface area (Å²) >= 11 is 0. The van der Waals surface area contributed by atoms with Gasteiger partial charge in [0.25, 0.3) is 0 Å². The molecular formula is C40H74O12S. The number of hydrogen-bond donors (Lipinski definition) is 4. The van der Waals surface area contributed by atoms with Crippen LogP contribution in [0.2, 0.25) is 0 Å². The van der Waals surface area contributed by atoms with Crippen LogP contribution in [0.25, 0.3) is 0 Å². The summed E-state index contributed by atoms with van der Waals surface area (Å²) in [6, 6.07) is 0. The van der Waals surface area contributed by atoms with E-state index in [4.69, 9.17) is 23.5 Å². The van der Waals surface area contributed by atoms with Gasteiger partial charge in [-0.2, -0.15) is 8.42 Å². The Hall–Kier alpha value is -1.42. The zero-order valence-corrected chi connectivity index (χ0v) is 33.6. The van der Waals surface area contributed by atoms with Gasteiger partial charge in [-0.3, -0.25) is 9.35 Å². The maximum Gasteiger partial charge on any atom is 0.397 e. The van der Waals surface area contributed by atoms with Crippen LogP contribution in [0.4, 0.5) is 0 Å². The van der Waals surface area contributed by atoms with Crippen LogP contribution in [0.15, 0.2) is 24.3 Å². The zero-order valence-electron chi connectivity index (χ0n) is 32.8. The number of carbonyl (C=O) groups excluding carboxylic acids is 1. The van der Waals surface area contributed by atoms with Gasteiger partial charge in [-0.25, -0.2) is 4.18 Å². The number of hydrogen-bond acceptors (Lipinski definition) is 11. The molecule has 0 amide bonds. The number of ether oxygens (including phenoxy) is 4. The Kier molecular flexibility index (Phi) is 30.7. The molecule has 0 aliphatic carbocycles. The second-order valence-electron chi connectivity index (χ2n) is 14.2. The third-order valence-corrected chi connectivity index (χ3v) is 9.76. The van der Waals surface area contributed by atoms with Gasteiger partial charge in [0, 0.05) is 13.0 Å². The van der Waals surface area contributed by atoms with Gasteiger partial charge in [0.05, 0.1) is 19.8 Å². The van der Waals surface area contributed by atoms with Crippen LogP contribution in [-0.2, 0) is 38.3 Å². The van der Waals surface area contributed by atoms with Gasteiger partial charge >= 0.3 is 16.4 Å². The van der Waals surface area contributed by atoms with E-state index in [9.17, 15) is 28.5 Å². The summed E-state index contributed by atoms with van der Waals surface area (Å²) < 4.78 is 58.8. The standard InChI is InChI=1S/C40H74O12S/c1-3-5-7-9-11-13-15-16-17-18-20-22-24-26-28-30-48-32-34(50-36(42)29-27-25-23-21-19-14-12-10-8-6-4-2)33-49-40-38(44)39(52-53(45,46)47)37(43)35(31-41)51-40/h10,12,15-16,34-35,37-41,43-44H,3-9,11,13-14,17-33H2,1-2H3,(H,45,46,47)/b12-10-,16-15-. The van der Waals surface area contributed by atoms with E-state index < -0.39 is 59.8 Å². The predicted octanol–water partition coefficient (Wildman–Crippen LogP) is 7.68. The number of rotatable bonds is 35. The fraction of sp³-hybridized carbons (Fsp3) is 0.875. The molecule has 6 unspecified atom stereocenters. The highest BCUT2D eigenvalue weighted by molar-refractivity contribution is 7.80. The Morgan fingerprint density at radius 2 is 1.21 bits per heavy atom. The van der Waals surface area contributed by atoms with Crippen LogP contribution in [0.3, 0.4) is 0 Å². The summed E-state index contributed by atoms with van der Waals surface area (Å²) in [6.45, 7) is 3.90. The Morgan fingerprint density at radius 1 is 0.698 bits per heavy atom. The molecule has 1 fully saturated rings. The van der Waals surface area contributed by atoms with E-state index >= 15 is 0 Å². The predicted molar refractivity (Wildman–Crippen MR) is 207 cm³/mol. The molecule has 0 bridgehead atoms. The lowest BCUT2D eigenvalue weighted by Gasteiger charge is -2.41. The lowest BCUT2D eigenvalue weighted by molar-refractivity contribution is -0.301. The van der Waals surface area contributed by atoms with Crippen molar-refractivity contribution in [3.8, 4) is 0 Å². The van der Waals surface area contributed by atoms with Crippen LogP contribution >= 0.6 is 0 Å².